The molecule has 0 saturated heterocycles. The molecule has 119 valence electrons. The van der Waals surface area contributed by atoms with Gasteiger partial charge in [-0.2, -0.15) is 18.4 Å². The number of allylic oxidation sites excluding steroid dienone is 4. The molecule has 0 N–H and O–H groups in total. The number of alkyl halides is 3. The summed E-state index contributed by atoms with van der Waals surface area (Å²) in [4.78, 5) is 4.07. The maximum absolute atomic E-state index is 13.8. The third kappa shape index (κ3) is 2.95. The van der Waals surface area contributed by atoms with Crippen molar-refractivity contribution >= 4 is 11.1 Å². The van der Waals surface area contributed by atoms with E-state index in [-0.39, 0.29) is 28.7 Å². The van der Waals surface area contributed by atoms with Gasteiger partial charge in [0.15, 0.2) is 0 Å². The predicted molar refractivity (Wildman–Crippen MR) is 85.3 cm³/mol. The van der Waals surface area contributed by atoms with E-state index in [1.807, 2.05) is 6.07 Å². The largest absolute Gasteiger partial charge is 0.417 e. The van der Waals surface area contributed by atoms with Gasteiger partial charge >= 0.3 is 6.18 Å². The van der Waals surface area contributed by atoms with E-state index in [1.165, 1.54) is 24.4 Å². The number of benzene rings is 1. The fourth-order valence-corrected chi connectivity index (χ4v) is 2.78. The number of hydrogen-bond acceptors (Lipinski definition) is 2. The highest BCUT2D eigenvalue weighted by Gasteiger charge is 2.41. The highest BCUT2D eigenvalue weighted by atomic mass is 19.4. The van der Waals surface area contributed by atoms with Crippen molar-refractivity contribution in [1.82, 2.24) is 4.98 Å². The highest BCUT2D eigenvalue weighted by Crippen LogP contribution is 2.45. The molecule has 0 unspecified atom stereocenters. The van der Waals surface area contributed by atoms with Crippen molar-refractivity contribution < 1.29 is 13.2 Å². The molecule has 1 aromatic carbocycles. The summed E-state index contributed by atoms with van der Waals surface area (Å²) in [7, 11) is 0. The van der Waals surface area contributed by atoms with Gasteiger partial charge < -0.3 is 0 Å². The molecule has 0 atom stereocenters. The van der Waals surface area contributed by atoms with Crippen LogP contribution in [0.5, 0.6) is 0 Å². The van der Waals surface area contributed by atoms with Crippen LogP contribution in [0.2, 0.25) is 0 Å². The summed E-state index contributed by atoms with van der Waals surface area (Å²) < 4.78 is 41.5. The van der Waals surface area contributed by atoms with Gasteiger partial charge in [-0.25, -0.2) is 0 Å². The van der Waals surface area contributed by atoms with Gasteiger partial charge in [-0.15, -0.1) is 0 Å². The summed E-state index contributed by atoms with van der Waals surface area (Å²) in [5, 5.41) is 9.22. The van der Waals surface area contributed by atoms with Crippen LogP contribution in [0.3, 0.4) is 0 Å². The van der Waals surface area contributed by atoms with Crippen LogP contribution in [-0.2, 0) is 0 Å². The maximum atomic E-state index is 13.8. The zero-order valence-corrected chi connectivity index (χ0v) is 12.5. The van der Waals surface area contributed by atoms with Crippen LogP contribution in [0.4, 0.5) is 13.2 Å². The van der Waals surface area contributed by atoms with Gasteiger partial charge in [0.2, 0.25) is 0 Å². The fraction of sp³-hybridized carbons (Fsp3) is 0.105. The average Bonchev–Trinajstić information content (AvgIpc) is 2.61. The van der Waals surface area contributed by atoms with Gasteiger partial charge in [-0.1, -0.05) is 30.3 Å². The third-order valence-electron chi connectivity index (χ3n) is 3.77. The third-order valence-corrected chi connectivity index (χ3v) is 3.77. The first-order valence-electron chi connectivity index (χ1n) is 7.27. The van der Waals surface area contributed by atoms with Gasteiger partial charge in [-0.05, 0) is 47.8 Å². The van der Waals surface area contributed by atoms with E-state index in [2.05, 4.69) is 4.98 Å². The van der Waals surface area contributed by atoms with Crippen molar-refractivity contribution in [3.05, 3.63) is 83.6 Å². The van der Waals surface area contributed by atoms with Crippen molar-refractivity contribution in [2.24, 2.45) is 0 Å². The number of rotatable bonds is 2. The molecule has 2 aromatic rings. The molecule has 1 aliphatic carbocycles. The minimum absolute atomic E-state index is 0.00607. The Hall–Kier alpha value is -2.87. The van der Waals surface area contributed by atoms with Gasteiger partial charge in [0.25, 0.3) is 0 Å². The predicted octanol–water partition coefficient (Wildman–Crippen LogP) is 4.96. The van der Waals surface area contributed by atoms with Crippen LogP contribution in [0, 0.1) is 17.8 Å². The minimum atomic E-state index is -4.55. The molecule has 5 heteroatoms. The Morgan fingerprint density at radius 3 is 2.46 bits per heavy atom. The molecule has 0 fully saturated rings. The van der Waals surface area contributed by atoms with Gasteiger partial charge in [0.05, 0.1) is 22.9 Å². The fourth-order valence-electron chi connectivity index (χ4n) is 2.78. The monoisotopic (exact) mass is 325 g/mol. The zero-order chi connectivity index (χ0) is 17.2. The lowest BCUT2D eigenvalue weighted by atomic mass is 9.83. The minimum Gasteiger partial charge on any atom is -0.257 e. The SMILES string of the molecule is N#Cc1ccccc1C1=C[CH]CC(c2ccccn2)=C1C(F)(F)F. The lowest BCUT2D eigenvalue weighted by Gasteiger charge is -2.24. The summed E-state index contributed by atoms with van der Waals surface area (Å²) in [6.45, 7) is 0. The second-order valence-electron chi connectivity index (χ2n) is 5.24. The lowest BCUT2D eigenvalue weighted by Crippen LogP contribution is -2.18. The average molecular weight is 325 g/mol. The highest BCUT2D eigenvalue weighted by molar-refractivity contribution is 5.94. The van der Waals surface area contributed by atoms with Crippen molar-refractivity contribution in [2.75, 3.05) is 0 Å². The maximum Gasteiger partial charge on any atom is 0.417 e. The zero-order valence-electron chi connectivity index (χ0n) is 12.5. The second kappa shape index (κ2) is 6.32. The van der Waals surface area contributed by atoms with Crippen LogP contribution in [0.1, 0.15) is 23.2 Å². The molecule has 0 saturated carbocycles. The Bertz CT molecular complexity index is 856. The Kier molecular flexibility index (Phi) is 4.22. The van der Waals surface area contributed by atoms with Crippen LogP contribution in [-0.4, -0.2) is 11.2 Å². The molecule has 24 heavy (non-hydrogen) atoms. The Morgan fingerprint density at radius 1 is 1.04 bits per heavy atom. The van der Waals surface area contributed by atoms with Gasteiger partial charge in [0, 0.05) is 6.20 Å². The topological polar surface area (TPSA) is 36.7 Å². The number of aromatic nitrogens is 1. The summed E-state index contributed by atoms with van der Waals surface area (Å²) in [5.41, 5.74) is 0.172. The van der Waals surface area contributed by atoms with Crippen LogP contribution >= 0.6 is 0 Å². The first kappa shape index (κ1) is 16.0. The van der Waals surface area contributed by atoms with Crippen LogP contribution in [0.15, 0.2) is 60.3 Å². The normalized spacial score (nSPS) is 15.0. The molecule has 0 aliphatic heterocycles. The van der Waals surface area contributed by atoms with Crippen molar-refractivity contribution in [1.29, 1.82) is 5.26 Å². The molecule has 1 radical (unpaired) electrons. The van der Waals surface area contributed by atoms with Gasteiger partial charge in [-0.3, -0.25) is 4.98 Å². The molecule has 0 amide bonds. The van der Waals surface area contributed by atoms with E-state index in [9.17, 15) is 18.4 Å². The number of halogens is 3. The Labute approximate surface area is 137 Å². The van der Waals surface area contributed by atoms with Crippen molar-refractivity contribution in [2.45, 2.75) is 12.6 Å². The van der Waals surface area contributed by atoms with Crippen LogP contribution < -0.4 is 0 Å². The summed E-state index contributed by atoms with van der Waals surface area (Å²) >= 11 is 0. The molecular weight excluding hydrogens is 313 g/mol. The number of hydrogen-bond donors (Lipinski definition) is 0. The Balaban J connectivity index is 2.25. The standard InChI is InChI=1S/C19H12F3N2/c20-19(21,22)18-15(14-7-2-1-6-13(14)12-23)8-5-9-16(18)17-10-3-4-11-24-17/h1-8,10-11H,9H2. The lowest BCUT2D eigenvalue weighted by molar-refractivity contribution is -0.0867. The van der Waals surface area contributed by atoms with Gasteiger partial charge in [0.1, 0.15) is 0 Å². The first-order valence-corrected chi connectivity index (χ1v) is 7.27. The number of pyridine rings is 1. The summed E-state index contributed by atoms with van der Waals surface area (Å²) in [5.74, 6) is 0. The molecule has 2 nitrogen and oxygen atoms in total. The van der Waals surface area contributed by atoms with E-state index in [0.717, 1.165) is 0 Å². The van der Waals surface area contributed by atoms with E-state index in [0.29, 0.717) is 5.69 Å². The quantitative estimate of drug-likeness (QED) is 0.782. The van der Waals surface area contributed by atoms with E-state index < -0.39 is 11.7 Å². The Morgan fingerprint density at radius 2 is 1.79 bits per heavy atom. The number of nitrogens with zero attached hydrogens (tertiary/aromatic N) is 2. The molecule has 0 spiro atoms. The molecule has 1 aliphatic rings. The summed E-state index contributed by atoms with van der Waals surface area (Å²) in [6, 6.07) is 13.1. The molecule has 3 rings (SSSR count). The summed E-state index contributed by atoms with van der Waals surface area (Å²) in [6.07, 6.45) is 0.172. The van der Waals surface area contributed by atoms with Crippen molar-refractivity contribution in [3.8, 4) is 6.07 Å². The smallest absolute Gasteiger partial charge is 0.257 e. The van der Waals surface area contributed by atoms with Crippen LogP contribution in [0.25, 0.3) is 11.1 Å². The van der Waals surface area contributed by atoms with E-state index in [1.54, 1.807) is 36.8 Å². The molecule has 1 aromatic heterocycles. The molecule has 0 bridgehead atoms. The molecule has 1 heterocycles. The van der Waals surface area contributed by atoms with E-state index >= 15 is 0 Å². The van der Waals surface area contributed by atoms with Crippen molar-refractivity contribution in [3.63, 3.8) is 0 Å². The first-order chi connectivity index (χ1) is 11.5. The second-order valence-corrected chi connectivity index (χ2v) is 5.24. The molecular formula is C19H12F3N2. The number of nitriles is 1. The van der Waals surface area contributed by atoms with E-state index in [4.69, 9.17) is 0 Å².